The molecule has 4 heteroatoms. The van der Waals surface area contributed by atoms with E-state index < -0.39 is 16.1 Å². The summed E-state index contributed by atoms with van der Waals surface area (Å²) < 4.78 is 6.40. The Morgan fingerprint density at radius 2 is 1.42 bits per heavy atom. The molecule has 0 unspecified atom stereocenters. The Kier molecular flexibility index (Phi) is 10.4. The highest BCUT2D eigenvalue weighted by molar-refractivity contribution is 7.00. The monoisotopic (exact) mass is 458 g/mol. The smallest absolute Gasteiger partial charge is 0.126 e. The van der Waals surface area contributed by atoms with Crippen molar-refractivity contribution in [2.75, 3.05) is 0 Å². The highest BCUT2D eigenvalue weighted by atomic mass is 28.4. The van der Waals surface area contributed by atoms with E-state index in [0.717, 1.165) is 24.3 Å². The number of hydrogen-bond acceptors (Lipinski definition) is 2. The molecule has 2 rings (SSSR count). The summed E-state index contributed by atoms with van der Waals surface area (Å²) in [5.41, 5.74) is 2.87. The lowest BCUT2D eigenvalue weighted by Gasteiger charge is -2.50. The van der Waals surface area contributed by atoms with Gasteiger partial charge in [0.15, 0.2) is 0 Å². The lowest BCUT2D eigenvalue weighted by Crippen LogP contribution is -2.54. The Morgan fingerprint density at radius 1 is 0.903 bits per heavy atom. The zero-order chi connectivity index (χ0) is 22.9. The van der Waals surface area contributed by atoms with Gasteiger partial charge in [0.05, 0.1) is 28.9 Å². The summed E-state index contributed by atoms with van der Waals surface area (Å²) in [6.07, 6.45) is 5.57. The van der Waals surface area contributed by atoms with Crippen LogP contribution in [-0.4, -0.2) is 28.5 Å². The SMILES string of the molecule is CC[Si](CC)(CC)C(C1=C[C@@H](OCc2ccccc2)[C@H](C=O)CC1)[Si](CC)(CC)CC. The molecule has 0 aliphatic heterocycles. The molecular weight excluding hydrogens is 412 g/mol. The quantitative estimate of drug-likeness (QED) is 0.170. The maximum absolute atomic E-state index is 11.9. The fraction of sp³-hybridized carbons (Fsp3) is 0.667. The summed E-state index contributed by atoms with van der Waals surface area (Å²) in [5, 5.41) is 0.829. The zero-order valence-corrected chi connectivity index (χ0v) is 23.0. The minimum atomic E-state index is -1.43. The van der Waals surface area contributed by atoms with Gasteiger partial charge < -0.3 is 9.53 Å². The number of ether oxygens (including phenoxy) is 1. The van der Waals surface area contributed by atoms with Crippen molar-refractivity contribution in [3.05, 3.63) is 47.5 Å². The first kappa shape index (κ1) is 26.3. The highest BCUT2D eigenvalue weighted by Gasteiger charge is 2.50. The van der Waals surface area contributed by atoms with Gasteiger partial charge in [-0.2, -0.15) is 0 Å². The largest absolute Gasteiger partial charge is 0.369 e. The van der Waals surface area contributed by atoms with Crippen molar-refractivity contribution in [3.8, 4) is 0 Å². The maximum Gasteiger partial charge on any atom is 0.126 e. The molecule has 0 spiro atoms. The van der Waals surface area contributed by atoms with Crippen molar-refractivity contribution < 1.29 is 9.53 Å². The minimum absolute atomic E-state index is 0.00463. The van der Waals surface area contributed by atoms with E-state index in [4.69, 9.17) is 4.74 Å². The van der Waals surface area contributed by atoms with Gasteiger partial charge in [-0.3, -0.25) is 0 Å². The standard InChI is InChI=1S/C27H46O2Si2/c1-7-30(8-2,9-3)27(31(10-4,11-5)12-6)24-18-19-25(21-28)26(20-24)29-22-23-16-14-13-15-17-23/h13-17,20-21,25-27H,7-12,18-19,22H2,1-6H3/t25-,26+/m0/s1. The molecule has 2 nitrogen and oxygen atoms in total. The summed E-state index contributed by atoms with van der Waals surface area (Å²) in [6.45, 7) is 15.4. The van der Waals surface area contributed by atoms with Crippen LogP contribution in [0.4, 0.5) is 0 Å². The zero-order valence-electron chi connectivity index (χ0n) is 21.0. The lowest BCUT2D eigenvalue weighted by molar-refractivity contribution is -0.115. The molecule has 0 saturated heterocycles. The molecule has 0 radical (unpaired) electrons. The average molecular weight is 459 g/mol. The van der Waals surface area contributed by atoms with Crippen LogP contribution in [0.15, 0.2) is 42.0 Å². The lowest BCUT2D eigenvalue weighted by atomic mass is 9.88. The Balaban J connectivity index is 2.47. The van der Waals surface area contributed by atoms with Gasteiger partial charge in [0.1, 0.15) is 6.29 Å². The summed E-state index contributed by atoms with van der Waals surface area (Å²) in [6, 6.07) is 18.6. The molecular formula is C27H46O2Si2. The molecule has 1 aliphatic rings. The Hall–Kier alpha value is -0.976. The van der Waals surface area contributed by atoms with E-state index in [9.17, 15) is 4.79 Å². The van der Waals surface area contributed by atoms with Crippen LogP contribution >= 0.6 is 0 Å². The summed E-state index contributed by atoms with van der Waals surface area (Å²) in [4.78, 5) is 11.9. The van der Waals surface area contributed by atoms with E-state index in [2.05, 4.69) is 71.9 Å². The van der Waals surface area contributed by atoms with Gasteiger partial charge in [0.2, 0.25) is 0 Å². The molecule has 2 atom stereocenters. The first-order valence-corrected chi connectivity index (χ1v) is 18.2. The first-order valence-electron chi connectivity index (χ1n) is 12.8. The third-order valence-corrected chi connectivity index (χ3v) is 24.2. The number of allylic oxidation sites excluding steroid dienone is 1. The summed E-state index contributed by atoms with van der Waals surface area (Å²) in [7, 11) is -2.86. The molecule has 0 aromatic heterocycles. The van der Waals surface area contributed by atoms with E-state index in [0.29, 0.717) is 6.61 Å². The second-order valence-corrected chi connectivity index (χ2v) is 21.0. The third kappa shape index (κ3) is 5.69. The number of aldehydes is 1. The summed E-state index contributed by atoms with van der Waals surface area (Å²) in [5.74, 6) is -0.00463. The van der Waals surface area contributed by atoms with Crippen LogP contribution in [0.1, 0.15) is 59.9 Å². The van der Waals surface area contributed by atoms with Crippen LogP contribution in [0.5, 0.6) is 0 Å². The Morgan fingerprint density at radius 3 is 1.87 bits per heavy atom. The molecule has 0 N–H and O–H groups in total. The predicted octanol–water partition coefficient (Wildman–Crippen LogP) is 8.03. The number of rotatable bonds is 13. The van der Waals surface area contributed by atoms with Gasteiger partial charge >= 0.3 is 0 Å². The van der Waals surface area contributed by atoms with Crippen molar-refractivity contribution in [1.82, 2.24) is 0 Å². The second kappa shape index (κ2) is 12.3. The topological polar surface area (TPSA) is 26.3 Å². The van der Waals surface area contributed by atoms with Crippen molar-refractivity contribution in [2.24, 2.45) is 5.92 Å². The third-order valence-electron chi connectivity index (χ3n) is 8.85. The van der Waals surface area contributed by atoms with Gasteiger partial charge in [0, 0.05) is 5.92 Å². The molecule has 174 valence electrons. The van der Waals surface area contributed by atoms with E-state index in [1.54, 1.807) is 5.57 Å². The normalized spacial score (nSPS) is 20.0. The molecule has 0 amide bonds. The van der Waals surface area contributed by atoms with Gasteiger partial charge in [-0.25, -0.2) is 0 Å². The predicted molar refractivity (Wildman–Crippen MR) is 140 cm³/mol. The summed E-state index contributed by atoms with van der Waals surface area (Å²) >= 11 is 0. The second-order valence-electron chi connectivity index (χ2n) is 9.62. The Bertz CT molecular complexity index is 656. The van der Waals surface area contributed by atoms with E-state index >= 15 is 0 Å². The first-order chi connectivity index (χ1) is 15.0. The van der Waals surface area contributed by atoms with Crippen molar-refractivity contribution in [2.45, 2.75) is 109 Å². The number of hydrogen-bond donors (Lipinski definition) is 0. The Labute approximate surface area is 193 Å². The van der Waals surface area contributed by atoms with Gasteiger partial charge in [0.25, 0.3) is 0 Å². The van der Waals surface area contributed by atoms with Crippen molar-refractivity contribution >= 4 is 22.4 Å². The van der Waals surface area contributed by atoms with Crippen molar-refractivity contribution in [1.29, 1.82) is 0 Å². The van der Waals surface area contributed by atoms with Gasteiger partial charge in [-0.15, -0.1) is 0 Å². The van der Waals surface area contributed by atoms with Crippen LogP contribution in [0.25, 0.3) is 0 Å². The van der Waals surface area contributed by atoms with Crippen LogP contribution in [-0.2, 0) is 16.1 Å². The molecule has 0 heterocycles. The van der Waals surface area contributed by atoms with Crippen LogP contribution < -0.4 is 0 Å². The van der Waals surface area contributed by atoms with Crippen LogP contribution in [0.3, 0.4) is 0 Å². The van der Waals surface area contributed by atoms with Gasteiger partial charge in [-0.05, 0) is 23.6 Å². The minimum Gasteiger partial charge on any atom is -0.369 e. The van der Waals surface area contributed by atoms with Gasteiger partial charge in [-0.1, -0.05) is 120 Å². The van der Waals surface area contributed by atoms with E-state index in [1.165, 1.54) is 41.8 Å². The molecule has 0 fully saturated rings. The number of carbonyl (C=O) groups excluding carboxylic acids is 1. The average Bonchev–Trinajstić information content (AvgIpc) is 2.84. The fourth-order valence-corrected chi connectivity index (χ4v) is 22.8. The van der Waals surface area contributed by atoms with Crippen LogP contribution in [0, 0.1) is 5.92 Å². The maximum atomic E-state index is 11.9. The molecule has 1 aliphatic carbocycles. The molecule has 0 saturated carbocycles. The molecule has 31 heavy (non-hydrogen) atoms. The van der Waals surface area contributed by atoms with E-state index in [-0.39, 0.29) is 12.0 Å². The number of carbonyl (C=O) groups is 1. The fourth-order valence-electron chi connectivity index (χ4n) is 6.40. The van der Waals surface area contributed by atoms with E-state index in [1.807, 2.05) is 6.07 Å². The highest BCUT2D eigenvalue weighted by Crippen LogP contribution is 2.51. The molecule has 0 bridgehead atoms. The molecule has 1 aromatic rings. The molecule has 1 aromatic carbocycles. The number of benzene rings is 1. The van der Waals surface area contributed by atoms with Crippen molar-refractivity contribution in [3.63, 3.8) is 0 Å². The van der Waals surface area contributed by atoms with Crippen LogP contribution in [0.2, 0.25) is 41.4 Å².